The molecule has 3 nitrogen and oxygen atoms in total. The Bertz CT molecular complexity index is 517. The average Bonchev–Trinajstić information content (AvgIpc) is 3.07. The van der Waals surface area contributed by atoms with E-state index >= 15 is 0 Å². The van der Waals surface area contributed by atoms with Crippen molar-refractivity contribution < 1.29 is 0 Å². The summed E-state index contributed by atoms with van der Waals surface area (Å²) in [5.74, 6) is 4.65. The van der Waals surface area contributed by atoms with Crippen LogP contribution >= 0.6 is 0 Å². The fraction of sp³-hybridized carbons (Fsp3) is 0.905. The minimum absolute atomic E-state index is 0.848. The lowest BCUT2D eigenvalue weighted by atomic mass is 10.0. The van der Waals surface area contributed by atoms with Crippen LogP contribution in [0.5, 0.6) is 0 Å². The van der Waals surface area contributed by atoms with Crippen LogP contribution in [0.25, 0.3) is 0 Å². The molecule has 3 atom stereocenters. The summed E-state index contributed by atoms with van der Waals surface area (Å²) in [5, 5.41) is 9.02. The van der Waals surface area contributed by atoms with Gasteiger partial charge in [0.05, 0.1) is 11.4 Å². The molecule has 3 rings (SSSR count). The van der Waals surface area contributed by atoms with Crippen molar-refractivity contribution in [2.45, 2.75) is 92.0 Å². The molecule has 24 heavy (non-hydrogen) atoms. The van der Waals surface area contributed by atoms with Crippen LogP contribution in [0, 0.1) is 29.6 Å². The van der Waals surface area contributed by atoms with Crippen LogP contribution in [0.4, 0.5) is 0 Å². The van der Waals surface area contributed by atoms with Gasteiger partial charge in [-0.15, -0.1) is 5.10 Å². The summed E-state index contributed by atoms with van der Waals surface area (Å²) in [7, 11) is 0. The Kier molecular flexibility index (Phi) is 5.99. The van der Waals surface area contributed by atoms with Crippen LogP contribution in [0.2, 0.25) is 0 Å². The van der Waals surface area contributed by atoms with Crippen molar-refractivity contribution in [1.29, 1.82) is 0 Å². The average molecular weight is 332 g/mol. The van der Waals surface area contributed by atoms with E-state index in [0.29, 0.717) is 0 Å². The van der Waals surface area contributed by atoms with Gasteiger partial charge in [0.2, 0.25) is 0 Å². The van der Waals surface area contributed by atoms with Gasteiger partial charge in [-0.05, 0) is 61.7 Å². The fourth-order valence-corrected chi connectivity index (χ4v) is 5.07. The summed E-state index contributed by atoms with van der Waals surface area (Å²) in [5.41, 5.74) is 2.77. The maximum Gasteiger partial charge on any atom is 0.0859 e. The maximum absolute atomic E-state index is 4.53. The zero-order valence-electron chi connectivity index (χ0n) is 16.3. The van der Waals surface area contributed by atoms with Crippen LogP contribution in [-0.2, 0) is 19.4 Å². The summed E-state index contributed by atoms with van der Waals surface area (Å²) in [6.07, 6.45) is 11.8. The SMILES string of the molecule is CC(C)CCCCCCn1nnc2c1CCC1C(CC2)C1C(C)C. The van der Waals surface area contributed by atoms with Crippen molar-refractivity contribution in [2.24, 2.45) is 29.6 Å². The van der Waals surface area contributed by atoms with Gasteiger partial charge in [-0.25, -0.2) is 4.68 Å². The van der Waals surface area contributed by atoms with Crippen LogP contribution in [0.3, 0.4) is 0 Å². The molecule has 3 heteroatoms. The van der Waals surface area contributed by atoms with Crippen molar-refractivity contribution in [1.82, 2.24) is 15.0 Å². The lowest BCUT2D eigenvalue weighted by Gasteiger charge is -2.11. The lowest BCUT2D eigenvalue weighted by molar-refractivity contribution is 0.472. The zero-order valence-corrected chi connectivity index (χ0v) is 16.3. The predicted molar refractivity (Wildman–Crippen MR) is 99.9 cm³/mol. The second-order valence-electron chi connectivity index (χ2n) is 9.03. The van der Waals surface area contributed by atoms with E-state index in [0.717, 1.165) is 42.6 Å². The van der Waals surface area contributed by atoms with E-state index in [9.17, 15) is 0 Å². The molecule has 0 saturated heterocycles. The molecule has 0 aromatic carbocycles. The second-order valence-corrected chi connectivity index (χ2v) is 9.03. The van der Waals surface area contributed by atoms with Crippen LogP contribution in [-0.4, -0.2) is 15.0 Å². The molecule has 0 radical (unpaired) electrons. The second kappa shape index (κ2) is 8.01. The van der Waals surface area contributed by atoms with Gasteiger partial charge in [0.1, 0.15) is 0 Å². The lowest BCUT2D eigenvalue weighted by Crippen LogP contribution is -2.09. The number of aromatic nitrogens is 3. The van der Waals surface area contributed by atoms with Crippen LogP contribution in [0.1, 0.15) is 84.0 Å². The third kappa shape index (κ3) is 4.21. The molecule has 2 aliphatic carbocycles. The Hall–Kier alpha value is -0.860. The first-order valence-electron chi connectivity index (χ1n) is 10.5. The van der Waals surface area contributed by atoms with Crippen molar-refractivity contribution in [2.75, 3.05) is 0 Å². The van der Waals surface area contributed by atoms with E-state index in [2.05, 4.69) is 42.7 Å². The van der Waals surface area contributed by atoms with Crippen molar-refractivity contribution in [3.05, 3.63) is 11.4 Å². The molecule has 2 aliphatic rings. The van der Waals surface area contributed by atoms with Gasteiger partial charge < -0.3 is 0 Å². The highest BCUT2D eigenvalue weighted by Crippen LogP contribution is 2.56. The molecule has 1 fully saturated rings. The van der Waals surface area contributed by atoms with Gasteiger partial charge in [0.25, 0.3) is 0 Å². The van der Waals surface area contributed by atoms with E-state index in [1.165, 1.54) is 62.8 Å². The first-order chi connectivity index (χ1) is 11.6. The Labute approximate surface area is 148 Å². The molecule has 3 unspecified atom stereocenters. The summed E-state index contributed by atoms with van der Waals surface area (Å²) in [4.78, 5) is 0. The highest BCUT2D eigenvalue weighted by molar-refractivity contribution is 5.15. The topological polar surface area (TPSA) is 30.7 Å². The van der Waals surface area contributed by atoms with Crippen molar-refractivity contribution in [3.63, 3.8) is 0 Å². The van der Waals surface area contributed by atoms with E-state index < -0.39 is 0 Å². The van der Waals surface area contributed by atoms with E-state index in [-0.39, 0.29) is 0 Å². The molecule has 1 heterocycles. The Morgan fingerprint density at radius 2 is 1.67 bits per heavy atom. The summed E-state index contributed by atoms with van der Waals surface area (Å²) < 4.78 is 2.24. The van der Waals surface area contributed by atoms with Crippen molar-refractivity contribution in [3.8, 4) is 0 Å². The molecule has 1 aromatic rings. The number of hydrogen-bond donors (Lipinski definition) is 0. The van der Waals surface area contributed by atoms with Crippen LogP contribution in [0.15, 0.2) is 0 Å². The van der Waals surface area contributed by atoms with E-state index in [1.807, 2.05) is 0 Å². The van der Waals surface area contributed by atoms with Gasteiger partial charge in [-0.1, -0.05) is 58.6 Å². The van der Waals surface area contributed by atoms with Gasteiger partial charge in [-0.3, -0.25) is 0 Å². The maximum atomic E-state index is 4.53. The van der Waals surface area contributed by atoms with Gasteiger partial charge in [-0.2, -0.15) is 0 Å². The normalized spacial score (nSPS) is 26.2. The van der Waals surface area contributed by atoms with Gasteiger partial charge in [0, 0.05) is 6.54 Å². The number of unbranched alkanes of at least 4 members (excludes halogenated alkanes) is 3. The number of aryl methyl sites for hydroxylation is 2. The summed E-state index contributed by atoms with van der Waals surface area (Å²) >= 11 is 0. The molecule has 136 valence electrons. The highest BCUT2D eigenvalue weighted by Gasteiger charge is 2.50. The standard InChI is InChI=1S/C21H37N3/c1-15(2)9-7-5-6-8-14-24-20-13-11-18-17(21(18)16(3)4)10-12-19(20)22-23-24/h15-18,21H,5-14H2,1-4H3. The smallest absolute Gasteiger partial charge is 0.0859 e. The quantitative estimate of drug-likeness (QED) is 0.607. The number of fused-ring (bicyclic) bond motifs is 2. The molecule has 1 saturated carbocycles. The predicted octanol–water partition coefficient (Wildman–Crippen LogP) is 5.28. The Morgan fingerprint density at radius 1 is 0.958 bits per heavy atom. The first kappa shape index (κ1) is 17.9. The van der Waals surface area contributed by atoms with E-state index in [4.69, 9.17) is 0 Å². The highest BCUT2D eigenvalue weighted by atomic mass is 15.4. The number of rotatable bonds is 8. The molecular formula is C21H37N3. The molecule has 0 amide bonds. The fourth-order valence-electron chi connectivity index (χ4n) is 5.07. The molecule has 0 aliphatic heterocycles. The summed E-state index contributed by atoms with van der Waals surface area (Å²) in [6, 6.07) is 0. The van der Waals surface area contributed by atoms with Gasteiger partial charge in [0.15, 0.2) is 0 Å². The minimum atomic E-state index is 0.848. The molecular weight excluding hydrogens is 294 g/mol. The van der Waals surface area contributed by atoms with Crippen LogP contribution < -0.4 is 0 Å². The zero-order chi connectivity index (χ0) is 17.1. The number of hydrogen-bond acceptors (Lipinski definition) is 2. The van der Waals surface area contributed by atoms with Gasteiger partial charge >= 0.3 is 0 Å². The van der Waals surface area contributed by atoms with Crippen molar-refractivity contribution >= 4 is 0 Å². The Balaban J connectivity index is 1.47. The summed E-state index contributed by atoms with van der Waals surface area (Å²) in [6.45, 7) is 10.5. The first-order valence-corrected chi connectivity index (χ1v) is 10.5. The minimum Gasteiger partial charge on any atom is -0.249 e. The largest absolute Gasteiger partial charge is 0.249 e. The molecule has 0 spiro atoms. The molecule has 0 N–H and O–H groups in total. The van der Waals surface area contributed by atoms with E-state index in [1.54, 1.807) is 0 Å². The molecule has 0 bridgehead atoms. The third-order valence-corrected chi connectivity index (χ3v) is 6.42. The third-order valence-electron chi connectivity index (χ3n) is 6.42. The Morgan fingerprint density at radius 3 is 2.38 bits per heavy atom. The monoisotopic (exact) mass is 331 g/mol. The molecule has 1 aromatic heterocycles. The number of nitrogens with zero attached hydrogens (tertiary/aromatic N) is 3.